The molecule has 0 fully saturated rings. The minimum atomic E-state index is -4.31. The first-order valence-electron chi connectivity index (χ1n) is 5.88. The summed E-state index contributed by atoms with van der Waals surface area (Å²) in [6, 6.07) is 0.626. The van der Waals surface area contributed by atoms with Crippen LogP contribution in [0.15, 0.2) is 11.4 Å². The first kappa shape index (κ1) is 16.5. The summed E-state index contributed by atoms with van der Waals surface area (Å²) in [5.74, 6) is 4.82. The lowest BCUT2D eigenvalue weighted by atomic mass is 10.2. The fraction of sp³-hybridized carbons (Fsp3) is 0.462. The van der Waals surface area contributed by atoms with Crippen molar-refractivity contribution in [1.82, 2.24) is 5.32 Å². The molecule has 3 nitrogen and oxygen atoms in total. The monoisotopic (exact) mass is 305 g/mol. The highest BCUT2D eigenvalue weighted by Crippen LogP contribution is 2.22. The van der Waals surface area contributed by atoms with Gasteiger partial charge in [0, 0.05) is 18.0 Å². The third-order valence-corrected chi connectivity index (χ3v) is 3.16. The van der Waals surface area contributed by atoms with Gasteiger partial charge in [-0.1, -0.05) is 11.8 Å². The normalized spacial score (nSPS) is 12.4. The third-order valence-electron chi connectivity index (χ3n) is 2.25. The molecule has 1 heterocycles. The zero-order valence-electron chi connectivity index (χ0n) is 10.8. The van der Waals surface area contributed by atoms with E-state index < -0.39 is 24.5 Å². The number of alkyl halides is 3. The number of halogens is 3. The first-order valence-corrected chi connectivity index (χ1v) is 6.76. The van der Waals surface area contributed by atoms with E-state index in [4.69, 9.17) is 5.11 Å². The molecule has 0 bridgehead atoms. The van der Waals surface area contributed by atoms with E-state index in [1.54, 1.807) is 11.4 Å². The number of hydrogen-bond acceptors (Lipinski definition) is 3. The number of carbonyl (C=O) groups excluding carboxylic acids is 1. The molecule has 0 radical (unpaired) electrons. The van der Waals surface area contributed by atoms with E-state index in [1.807, 2.05) is 0 Å². The summed E-state index contributed by atoms with van der Waals surface area (Å²) in [5.41, 5.74) is 0.458. The molecule has 1 rings (SSSR count). The molecular weight excluding hydrogens is 291 g/mol. The number of amides is 1. The van der Waals surface area contributed by atoms with Gasteiger partial charge in [-0.15, -0.1) is 11.3 Å². The van der Waals surface area contributed by atoms with Crippen molar-refractivity contribution in [3.8, 4) is 11.8 Å². The molecule has 20 heavy (non-hydrogen) atoms. The van der Waals surface area contributed by atoms with Crippen molar-refractivity contribution in [2.75, 3.05) is 6.61 Å². The largest absolute Gasteiger partial charge is 0.395 e. The Morgan fingerprint density at radius 2 is 2.25 bits per heavy atom. The number of carbonyl (C=O) groups is 1. The van der Waals surface area contributed by atoms with E-state index in [-0.39, 0.29) is 17.9 Å². The maximum Gasteiger partial charge on any atom is 0.391 e. The van der Waals surface area contributed by atoms with Crippen LogP contribution < -0.4 is 5.32 Å². The quantitative estimate of drug-likeness (QED) is 0.840. The molecule has 1 aromatic rings. The number of aliphatic hydroxyl groups excluding tert-OH is 1. The van der Waals surface area contributed by atoms with Crippen molar-refractivity contribution in [3.63, 3.8) is 0 Å². The Morgan fingerprint density at radius 3 is 2.85 bits per heavy atom. The summed E-state index contributed by atoms with van der Waals surface area (Å²) in [5, 5.41) is 12.6. The number of rotatable bonds is 4. The lowest BCUT2D eigenvalue weighted by Crippen LogP contribution is -2.35. The summed E-state index contributed by atoms with van der Waals surface area (Å²) in [7, 11) is 0. The molecule has 0 aliphatic carbocycles. The van der Waals surface area contributed by atoms with Crippen LogP contribution in [0.3, 0.4) is 0 Å². The van der Waals surface area contributed by atoms with Gasteiger partial charge in [-0.2, -0.15) is 13.2 Å². The second-order valence-electron chi connectivity index (χ2n) is 4.13. The van der Waals surface area contributed by atoms with Gasteiger partial charge in [0.2, 0.25) is 0 Å². The van der Waals surface area contributed by atoms with Crippen LogP contribution in [0.2, 0.25) is 0 Å². The number of aliphatic hydroxyl groups is 1. The van der Waals surface area contributed by atoms with Crippen LogP contribution in [0.5, 0.6) is 0 Å². The molecule has 1 unspecified atom stereocenters. The fourth-order valence-electron chi connectivity index (χ4n) is 1.48. The Hall–Kier alpha value is -1.52. The second kappa shape index (κ2) is 7.31. The summed E-state index contributed by atoms with van der Waals surface area (Å²) < 4.78 is 36.6. The van der Waals surface area contributed by atoms with Gasteiger partial charge in [0.15, 0.2) is 0 Å². The fourth-order valence-corrected chi connectivity index (χ4v) is 2.24. The Bertz CT molecular complexity index is 514. The second-order valence-corrected chi connectivity index (χ2v) is 5.05. The molecule has 0 aliphatic heterocycles. The van der Waals surface area contributed by atoms with Crippen LogP contribution in [-0.2, 0) is 0 Å². The van der Waals surface area contributed by atoms with Crippen molar-refractivity contribution in [2.24, 2.45) is 0 Å². The van der Waals surface area contributed by atoms with Gasteiger partial charge in [-0.05, 0) is 18.4 Å². The van der Waals surface area contributed by atoms with Gasteiger partial charge >= 0.3 is 6.18 Å². The first-order chi connectivity index (χ1) is 9.33. The topological polar surface area (TPSA) is 49.3 Å². The minimum absolute atomic E-state index is 0.0821. The van der Waals surface area contributed by atoms with Gasteiger partial charge in [-0.25, -0.2) is 0 Å². The highest BCUT2D eigenvalue weighted by molar-refractivity contribution is 7.12. The van der Waals surface area contributed by atoms with E-state index in [0.29, 0.717) is 5.56 Å². The molecule has 2 N–H and O–H groups in total. The third kappa shape index (κ3) is 5.63. The summed E-state index contributed by atoms with van der Waals surface area (Å²) in [6.07, 6.45) is -5.11. The van der Waals surface area contributed by atoms with Crippen molar-refractivity contribution in [2.45, 2.75) is 32.0 Å². The molecule has 1 aromatic heterocycles. The van der Waals surface area contributed by atoms with Crippen LogP contribution >= 0.6 is 11.3 Å². The Balaban J connectivity index is 2.69. The average molecular weight is 305 g/mol. The molecule has 7 heteroatoms. The highest BCUT2D eigenvalue weighted by Gasteiger charge is 2.30. The van der Waals surface area contributed by atoms with Crippen LogP contribution in [0.25, 0.3) is 0 Å². The zero-order chi connectivity index (χ0) is 15.2. The molecule has 1 atom stereocenters. The van der Waals surface area contributed by atoms with E-state index in [2.05, 4.69) is 17.2 Å². The van der Waals surface area contributed by atoms with E-state index in [0.717, 1.165) is 11.3 Å². The molecular formula is C13H14F3NO2S. The Labute approximate surface area is 118 Å². The lowest BCUT2D eigenvalue weighted by Gasteiger charge is -2.15. The number of thiophene rings is 1. The smallest absolute Gasteiger partial charge is 0.391 e. The number of hydrogen-bond donors (Lipinski definition) is 2. The summed E-state index contributed by atoms with van der Waals surface area (Å²) in [4.78, 5) is 12.2. The standard InChI is InChI=1S/C13H14F3NO2S/c1-9(8-13(14,15)16)17-12(19)11-10(5-7-20-11)4-2-3-6-18/h5,7,9,18H,3,6,8H2,1H3,(H,17,19). The van der Waals surface area contributed by atoms with E-state index in [1.165, 1.54) is 6.92 Å². The molecule has 0 aromatic carbocycles. The highest BCUT2D eigenvalue weighted by atomic mass is 32.1. The van der Waals surface area contributed by atoms with Crippen LogP contribution in [0.1, 0.15) is 35.0 Å². The van der Waals surface area contributed by atoms with Crippen LogP contribution in [-0.4, -0.2) is 29.8 Å². The van der Waals surface area contributed by atoms with Crippen LogP contribution in [0, 0.1) is 11.8 Å². The zero-order valence-corrected chi connectivity index (χ0v) is 11.6. The molecule has 0 spiro atoms. The van der Waals surface area contributed by atoms with Crippen molar-refractivity contribution in [3.05, 3.63) is 21.9 Å². The van der Waals surface area contributed by atoms with Gasteiger partial charge < -0.3 is 10.4 Å². The Kier molecular flexibility index (Phi) is 6.05. The van der Waals surface area contributed by atoms with Crippen LogP contribution in [0.4, 0.5) is 13.2 Å². The van der Waals surface area contributed by atoms with Crippen molar-refractivity contribution < 1.29 is 23.1 Å². The summed E-state index contributed by atoms with van der Waals surface area (Å²) in [6.45, 7) is 1.22. The van der Waals surface area contributed by atoms with E-state index >= 15 is 0 Å². The predicted molar refractivity (Wildman–Crippen MR) is 70.5 cm³/mol. The minimum Gasteiger partial charge on any atom is -0.395 e. The Morgan fingerprint density at radius 1 is 1.55 bits per heavy atom. The molecule has 0 saturated heterocycles. The van der Waals surface area contributed by atoms with Crippen molar-refractivity contribution in [1.29, 1.82) is 0 Å². The van der Waals surface area contributed by atoms with Gasteiger partial charge in [0.1, 0.15) is 4.88 Å². The molecule has 110 valence electrons. The average Bonchev–Trinajstić information content (AvgIpc) is 2.75. The predicted octanol–water partition coefficient (Wildman–Crippen LogP) is 2.55. The maximum atomic E-state index is 12.2. The molecule has 0 aliphatic rings. The van der Waals surface area contributed by atoms with Crippen molar-refractivity contribution >= 4 is 17.2 Å². The molecule has 1 amide bonds. The van der Waals surface area contributed by atoms with E-state index in [9.17, 15) is 18.0 Å². The van der Waals surface area contributed by atoms with Gasteiger partial charge in [0.05, 0.1) is 13.0 Å². The van der Waals surface area contributed by atoms with Gasteiger partial charge in [-0.3, -0.25) is 4.79 Å². The maximum absolute atomic E-state index is 12.2. The van der Waals surface area contributed by atoms with Gasteiger partial charge in [0.25, 0.3) is 5.91 Å². The SMILES string of the molecule is CC(CC(F)(F)F)NC(=O)c1sccc1C#CCCO. The molecule has 0 saturated carbocycles. The summed E-state index contributed by atoms with van der Waals surface area (Å²) >= 11 is 1.12. The lowest BCUT2D eigenvalue weighted by molar-refractivity contribution is -0.138. The number of nitrogens with one attached hydrogen (secondary N) is 1.